The van der Waals surface area contributed by atoms with Crippen molar-refractivity contribution in [3.05, 3.63) is 12.2 Å². The zero-order valence-corrected chi connectivity index (χ0v) is 12.0. The Bertz CT molecular complexity index is 327. The predicted molar refractivity (Wildman–Crippen MR) is 75.1 cm³/mol. The third kappa shape index (κ3) is 4.30. The van der Waals surface area contributed by atoms with Crippen LogP contribution in [0.5, 0.6) is 0 Å². The van der Waals surface area contributed by atoms with Crippen LogP contribution in [-0.4, -0.2) is 86.2 Å². The van der Waals surface area contributed by atoms with E-state index in [0.29, 0.717) is 6.04 Å². The monoisotopic (exact) mass is 267 g/mol. The van der Waals surface area contributed by atoms with Crippen molar-refractivity contribution in [1.82, 2.24) is 14.7 Å². The number of hydrogen-bond acceptors (Lipinski definition) is 4. The minimum atomic E-state index is 0.146. The molecule has 1 atom stereocenters. The molecular formula is C14H25N3O2. The van der Waals surface area contributed by atoms with Crippen LogP contribution in [0.1, 0.15) is 6.92 Å². The van der Waals surface area contributed by atoms with Crippen LogP contribution in [0.4, 0.5) is 0 Å². The van der Waals surface area contributed by atoms with Crippen LogP contribution in [0.15, 0.2) is 12.2 Å². The molecule has 2 saturated heterocycles. The van der Waals surface area contributed by atoms with Gasteiger partial charge in [0.15, 0.2) is 0 Å². The van der Waals surface area contributed by atoms with Crippen LogP contribution in [0.25, 0.3) is 0 Å². The maximum Gasteiger partial charge on any atom is 0.246 e. The molecular weight excluding hydrogens is 242 g/mol. The predicted octanol–water partition coefficient (Wildman–Crippen LogP) is 0.0373. The van der Waals surface area contributed by atoms with Crippen molar-refractivity contribution in [2.24, 2.45) is 0 Å². The second kappa shape index (κ2) is 7.03. The summed E-state index contributed by atoms with van der Waals surface area (Å²) >= 11 is 0. The summed E-state index contributed by atoms with van der Waals surface area (Å²) in [6, 6.07) is 0.449. The number of nitrogens with zero attached hydrogens (tertiary/aromatic N) is 3. The molecule has 0 aromatic heterocycles. The first kappa shape index (κ1) is 14.5. The molecule has 0 N–H and O–H groups in total. The largest absolute Gasteiger partial charge is 0.379 e. The molecule has 0 aromatic carbocycles. The smallest absolute Gasteiger partial charge is 0.246 e. The summed E-state index contributed by atoms with van der Waals surface area (Å²) in [5.74, 6) is 0.146. The molecule has 1 unspecified atom stereocenters. The Labute approximate surface area is 115 Å². The second-order valence-corrected chi connectivity index (χ2v) is 5.43. The van der Waals surface area contributed by atoms with Gasteiger partial charge in [-0.25, -0.2) is 0 Å². The van der Waals surface area contributed by atoms with Crippen LogP contribution < -0.4 is 0 Å². The first-order valence-electron chi connectivity index (χ1n) is 7.12. The lowest BCUT2D eigenvalue weighted by Crippen LogP contribution is -2.51. The molecule has 19 heavy (non-hydrogen) atoms. The highest BCUT2D eigenvalue weighted by molar-refractivity contribution is 5.87. The fraction of sp³-hybridized carbons (Fsp3) is 0.786. The van der Waals surface area contributed by atoms with E-state index in [1.165, 1.54) is 0 Å². The number of amides is 1. The van der Waals surface area contributed by atoms with E-state index in [-0.39, 0.29) is 5.91 Å². The van der Waals surface area contributed by atoms with Gasteiger partial charge in [0.05, 0.1) is 13.2 Å². The van der Waals surface area contributed by atoms with Gasteiger partial charge in [0.2, 0.25) is 5.91 Å². The Morgan fingerprint density at radius 1 is 1.26 bits per heavy atom. The maximum absolute atomic E-state index is 12.1. The van der Waals surface area contributed by atoms with Gasteiger partial charge in [-0.1, -0.05) is 6.08 Å². The van der Waals surface area contributed by atoms with Crippen LogP contribution in [-0.2, 0) is 9.53 Å². The number of hydrogen-bond donors (Lipinski definition) is 0. The highest BCUT2D eigenvalue weighted by atomic mass is 16.5. The van der Waals surface area contributed by atoms with E-state index in [4.69, 9.17) is 4.74 Å². The topological polar surface area (TPSA) is 36.0 Å². The van der Waals surface area contributed by atoms with Gasteiger partial charge in [-0.15, -0.1) is 0 Å². The van der Waals surface area contributed by atoms with E-state index in [2.05, 4.69) is 23.8 Å². The molecule has 2 fully saturated rings. The SMILES string of the molecule is CC1CN(C(=O)/C=C/CN2CCOCC2)CCN1C. The molecule has 2 rings (SSSR count). The van der Waals surface area contributed by atoms with Crippen LogP contribution in [0.2, 0.25) is 0 Å². The normalized spacial score (nSPS) is 27.1. The summed E-state index contributed by atoms with van der Waals surface area (Å²) in [6.45, 7) is 9.17. The van der Waals surface area contributed by atoms with Crippen LogP contribution in [0.3, 0.4) is 0 Å². The maximum atomic E-state index is 12.1. The lowest BCUT2D eigenvalue weighted by molar-refractivity contribution is -0.128. The Morgan fingerprint density at radius 2 is 2.00 bits per heavy atom. The van der Waals surface area contributed by atoms with Crippen molar-refractivity contribution in [3.63, 3.8) is 0 Å². The fourth-order valence-corrected chi connectivity index (χ4v) is 2.44. The number of ether oxygens (including phenoxy) is 1. The third-order valence-corrected chi connectivity index (χ3v) is 4.00. The number of likely N-dealkylation sites (N-methyl/N-ethyl adjacent to an activating group) is 1. The summed E-state index contributed by atoms with van der Waals surface area (Å²) in [6.07, 6.45) is 3.71. The average molecular weight is 267 g/mol. The zero-order valence-electron chi connectivity index (χ0n) is 12.0. The van der Waals surface area contributed by atoms with Gasteiger partial charge < -0.3 is 14.5 Å². The fourth-order valence-electron chi connectivity index (χ4n) is 2.44. The number of rotatable bonds is 3. The molecule has 108 valence electrons. The molecule has 2 aliphatic heterocycles. The molecule has 0 aromatic rings. The number of piperazine rings is 1. The minimum Gasteiger partial charge on any atom is -0.379 e. The van der Waals surface area contributed by atoms with E-state index in [1.807, 2.05) is 11.0 Å². The molecule has 5 heteroatoms. The molecule has 0 radical (unpaired) electrons. The number of carbonyl (C=O) groups is 1. The zero-order chi connectivity index (χ0) is 13.7. The van der Waals surface area contributed by atoms with Crippen molar-refractivity contribution >= 4 is 5.91 Å². The summed E-state index contributed by atoms with van der Waals surface area (Å²) in [4.78, 5) is 18.6. The Hall–Kier alpha value is -0.910. The van der Waals surface area contributed by atoms with Gasteiger partial charge in [0.1, 0.15) is 0 Å². The van der Waals surface area contributed by atoms with E-state index in [9.17, 15) is 4.79 Å². The average Bonchev–Trinajstić information content (AvgIpc) is 2.43. The van der Waals surface area contributed by atoms with Crippen LogP contribution >= 0.6 is 0 Å². The van der Waals surface area contributed by atoms with Gasteiger partial charge in [-0.05, 0) is 14.0 Å². The summed E-state index contributed by atoms with van der Waals surface area (Å²) < 4.78 is 5.30. The molecule has 2 aliphatic rings. The van der Waals surface area contributed by atoms with Crippen molar-refractivity contribution < 1.29 is 9.53 Å². The first-order valence-corrected chi connectivity index (χ1v) is 7.12. The van der Waals surface area contributed by atoms with Crippen LogP contribution in [0, 0.1) is 0 Å². The standard InChI is InChI=1S/C14H25N3O2/c1-13-12-17(7-6-15(13)2)14(18)4-3-5-16-8-10-19-11-9-16/h3-4,13H,5-12H2,1-2H3/b4-3+. The van der Waals surface area contributed by atoms with Gasteiger partial charge >= 0.3 is 0 Å². The molecule has 5 nitrogen and oxygen atoms in total. The Kier molecular flexibility index (Phi) is 5.36. The third-order valence-electron chi connectivity index (χ3n) is 4.00. The van der Waals surface area contributed by atoms with Gasteiger partial charge in [-0.3, -0.25) is 9.69 Å². The van der Waals surface area contributed by atoms with E-state index in [0.717, 1.165) is 52.5 Å². The molecule has 0 saturated carbocycles. The van der Waals surface area contributed by atoms with Crippen molar-refractivity contribution in [2.75, 3.05) is 59.5 Å². The highest BCUT2D eigenvalue weighted by Crippen LogP contribution is 2.07. The minimum absolute atomic E-state index is 0.146. The van der Waals surface area contributed by atoms with Crippen molar-refractivity contribution in [3.8, 4) is 0 Å². The lowest BCUT2D eigenvalue weighted by Gasteiger charge is -2.37. The summed E-state index contributed by atoms with van der Waals surface area (Å²) in [5, 5.41) is 0. The van der Waals surface area contributed by atoms with Gasteiger partial charge in [-0.2, -0.15) is 0 Å². The highest BCUT2D eigenvalue weighted by Gasteiger charge is 2.22. The van der Waals surface area contributed by atoms with Gasteiger partial charge in [0.25, 0.3) is 0 Å². The Balaban J connectivity index is 1.73. The summed E-state index contributed by atoms with van der Waals surface area (Å²) in [5.41, 5.74) is 0. The van der Waals surface area contributed by atoms with E-state index >= 15 is 0 Å². The van der Waals surface area contributed by atoms with Crippen molar-refractivity contribution in [1.29, 1.82) is 0 Å². The molecule has 0 aliphatic carbocycles. The number of morpholine rings is 1. The lowest BCUT2D eigenvalue weighted by atomic mass is 10.2. The van der Waals surface area contributed by atoms with E-state index in [1.54, 1.807) is 6.08 Å². The Morgan fingerprint density at radius 3 is 2.68 bits per heavy atom. The van der Waals surface area contributed by atoms with Crippen molar-refractivity contribution in [2.45, 2.75) is 13.0 Å². The van der Waals surface area contributed by atoms with E-state index < -0.39 is 0 Å². The molecule has 2 heterocycles. The molecule has 0 spiro atoms. The second-order valence-electron chi connectivity index (χ2n) is 5.43. The first-order chi connectivity index (χ1) is 9.16. The quantitative estimate of drug-likeness (QED) is 0.676. The molecule has 1 amide bonds. The summed E-state index contributed by atoms with van der Waals surface area (Å²) in [7, 11) is 2.11. The van der Waals surface area contributed by atoms with Gasteiger partial charge in [0, 0.05) is 51.4 Å². The molecule has 0 bridgehead atoms. The number of carbonyl (C=O) groups excluding carboxylic acids is 1.